The van der Waals surface area contributed by atoms with Gasteiger partial charge >= 0.3 is 4.87 Å². The van der Waals surface area contributed by atoms with Gasteiger partial charge in [0, 0.05) is 17.1 Å². The van der Waals surface area contributed by atoms with Gasteiger partial charge in [0.05, 0.1) is 0 Å². The summed E-state index contributed by atoms with van der Waals surface area (Å²) in [4.78, 5) is 13.3. The minimum Gasteiger partial charge on any atom is -0.302 e. The van der Waals surface area contributed by atoms with E-state index in [1.807, 2.05) is 11.5 Å². The van der Waals surface area contributed by atoms with Gasteiger partial charge in [-0.25, -0.2) is 0 Å². The Bertz CT molecular complexity index is 427. The van der Waals surface area contributed by atoms with Gasteiger partial charge < -0.3 is 4.57 Å². The van der Waals surface area contributed by atoms with Gasteiger partial charge in [0.25, 0.3) is 0 Å². The van der Waals surface area contributed by atoms with Gasteiger partial charge in [-0.15, -0.1) is 0 Å². The molecule has 0 atom stereocenters. The minimum absolute atomic E-state index is 0.175. The van der Waals surface area contributed by atoms with Crippen LogP contribution in [0.25, 0.3) is 0 Å². The van der Waals surface area contributed by atoms with Crippen LogP contribution < -0.4 is 4.87 Å². The van der Waals surface area contributed by atoms with Gasteiger partial charge in [-0.1, -0.05) is 38.0 Å². The summed E-state index contributed by atoms with van der Waals surface area (Å²) in [5.74, 6) is 0.857. The predicted octanol–water partition coefficient (Wildman–Crippen LogP) is 4.04. The third-order valence-electron chi connectivity index (χ3n) is 3.76. The monoisotopic (exact) mass is 287 g/mol. The van der Waals surface area contributed by atoms with Crippen LogP contribution in [0.2, 0.25) is 0 Å². The standard InChI is InChI=1S/C14H25NOS2/c1-5-7-14(10-17,8-6-2)9-15-11(3)12(4)18-13(15)16/h17H,5-10H2,1-4H3. The van der Waals surface area contributed by atoms with Gasteiger partial charge in [-0.3, -0.25) is 4.79 Å². The first-order valence-electron chi connectivity index (χ1n) is 6.77. The maximum Gasteiger partial charge on any atom is 0.307 e. The molecule has 0 saturated carbocycles. The number of hydrogen-bond donors (Lipinski definition) is 1. The second-order valence-corrected chi connectivity index (χ2v) is 6.74. The topological polar surface area (TPSA) is 22.0 Å². The predicted molar refractivity (Wildman–Crippen MR) is 84.2 cm³/mol. The van der Waals surface area contributed by atoms with Crippen molar-refractivity contribution < 1.29 is 0 Å². The van der Waals surface area contributed by atoms with Crippen LogP contribution in [0.15, 0.2) is 4.79 Å². The van der Waals surface area contributed by atoms with Crippen molar-refractivity contribution in [1.82, 2.24) is 4.57 Å². The maximum absolute atomic E-state index is 12.0. The zero-order valence-corrected chi connectivity index (χ0v) is 13.7. The molecular formula is C14H25NOS2. The van der Waals surface area contributed by atoms with E-state index in [-0.39, 0.29) is 10.3 Å². The molecule has 2 nitrogen and oxygen atoms in total. The SMILES string of the molecule is CCCC(CS)(CCC)Cn1c(C)c(C)sc1=O. The van der Waals surface area contributed by atoms with Crippen LogP contribution in [0.1, 0.15) is 50.1 Å². The lowest BCUT2D eigenvalue weighted by Crippen LogP contribution is -2.32. The van der Waals surface area contributed by atoms with Gasteiger partial charge in [0.15, 0.2) is 0 Å². The van der Waals surface area contributed by atoms with Gasteiger partial charge in [-0.05, 0) is 37.9 Å². The zero-order valence-electron chi connectivity index (χ0n) is 12.0. The summed E-state index contributed by atoms with van der Waals surface area (Å²) in [7, 11) is 0. The fraction of sp³-hybridized carbons (Fsp3) is 0.786. The molecule has 0 amide bonds. The van der Waals surface area contributed by atoms with Gasteiger partial charge in [0.1, 0.15) is 0 Å². The summed E-state index contributed by atoms with van der Waals surface area (Å²) in [6, 6.07) is 0. The largest absolute Gasteiger partial charge is 0.307 e. The average molecular weight is 287 g/mol. The summed E-state index contributed by atoms with van der Waals surface area (Å²) in [5, 5.41) is 0. The molecule has 0 unspecified atom stereocenters. The fourth-order valence-electron chi connectivity index (χ4n) is 2.66. The Morgan fingerprint density at radius 3 is 2.11 bits per heavy atom. The molecule has 1 aromatic rings. The molecule has 4 heteroatoms. The summed E-state index contributed by atoms with van der Waals surface area (Å²) in [5.41, 5.74) is 1.30. The van der Waals surface area contributed by atoms with Crippen LogP contribution in [0, 0.1) is 19.3 Å². The lowest BCUT2D eigenvalue weighted by molar-refractivity contribution is 0.228. The first-order valence-corrected chi connectivity index (χ1v) is 8.22. The number of thiol groups is 1. The van der Waals surface area contributed by atoms with Crippen molar-refractivity contribution in [1.29, 1.82) is 0 Å². The number of nitrogens with zero attached hydrogens (tertiary/aromatic N) is 1. The Labute approximate surface area is 120 Å². The van der Waals surface area contributed by atoms with E-state index >= 15 is 0 Å². The molecule has 18 heavy (non-hydrogen) atoms. The normalized spacial score (nSPS) is 12.1. The molecule has 0 aliphatic rings. The van der Waals surface area contributed by atoms with Crippen LogP contribution in [0.4, 0.5) is 0 Å². The summed E-state index contributed by atoms with van der Waals surface area (Å²) >= 11 is 5.93. The van der Waals surface area contributed by atoms with Crippen LogP contribution in [-0.4, -0.2) is 10.3 Å². The van der Waals surface area contributed by atoms with E-state index in [4.69, 9.17) is 0 Å². The second kappa shape index (κ2) is 6.80. The molecule has 104 valence electrons. The molecule has 0 aromatic carbocycles. The molecule has 0 radical (unpaired) electrons. The number of hydrogen-bond acceptors (Lipinski definition) is 3. The van der Waals surface area contributed by atoms with E-state index < -0.39 is 0 Å². The molecule has 1 rings (SSSR count). The maximum atomic E-state index is 12.0. The Morgan fingerprint density at radius 2 is 1.78 bits per heavy atom. The van der Waals surface area contributed by atoms with Crippen LogP contribution in [0.3, 0.4) is 0 Å². The Balaban J connectivity index is 3.05. The highest BCUT2D eigenvalue weighted by Gasteiger charge is 2.28. The van der Waals surface area contributed by atoms with Gasteiger partial charge in [-0.2, -0.15) is 12.6 Å². The van der Waals surface area contributed by atoms with Crippen molar-refractivity contribution in [2.24, 2.45) is 5.41 Å². The third-order valence-corrected chi connectivity index (χ3v) is 5.43. The van der Waals surface area contributed by atoms with Crippen molar-refractivity contribution in [3.8, 4) is 0 Å². The van der Waals surface area contributed by atoms with E-state index in [0.717, 1.165) is 48.6 Å². The lowest BCUT2D eigenvalue weighted by Gasteiger charge is -2.32. The molecule has 0 spiro atoms. The fourth-order valence-corrected chi connectivity index (χ4v) is 3.91. The van der Waals surface area contributed by atoms with Crippen molar-refractivity contribution in [3.05, 3.63) is 20.2 Å². The van der Waals surface area contributed by atoms with E-state index in [1.54, 1.807) is 0 Å². The summed E-state index contributed by atoms with van der Waals surface area (Å²) in [6.45, 7) is 9.33. The quantitative estimate of drug-likeness (QED) is 0.751. The van der Waals surface area contributed by atoms with Crippen molar-refractivity contribution in [3.63, 3.8) is 0 Å². The van der Waals surface area contributed by atoms with Crippen molar-refractivity contribution >= 4 is 24.0 Å². The highest BCUT2D eigenvalue weighted by Crippen LogP contribution is 2.33. The molecule has 1 heterocycles. The highest BCUT2D eigenvalue weighted by molar-refractivity contribution is 7.80. The number of aryl methyl sites for hydroxylation is 1. The number of thiazole rings is 1. The van der Waals surface area contributed by atoms with Gasteiger partial charge in [0.2, 0.25) is 0 Å². The summed E-state index contributed by atoms with van der Waals surface area (Å²) < 4.78 is 1.96. The first kappa shape index (κ1) is 15.8. The van der Waals surface area contributed by atoms with Crippen LogP contribution in [0.5, 0.6) is 0 Å². The van der Waals surface area contributed by atoms with Crippen molar-refractivity contribution in [2.45, 2.75) is 59.9 Å². The highest BCUT2D eigenvalue weighted by atomic mass is 32.1. The van der Waals surface area contributed by atoms with E-state index in [0.29, 0.717) is 0 Å². The van der Waals surface area contributed by atoms with Crippen LogP contribution in [-0.2, 0) is 6.54 Å². The van der Waals surface area contributed by atoms with E-state index in [9.17, 15) is 4.79 Å². The molecular weight excluding hydrogens is 262 g/mol. The Kier molecular flexibility index (Phi) is 5.99. The second-order valence-electron chi connectivity index (χ2n) is 5.25. The molecule has 0 bridgehead atoms. The van der Waals surface area contributed by atoms with Crippen LogP contribution >= 0.6 is 24.0 Å². The van der Waals surface area contributed by atoms with Crippen molar-refractivity contribution in [2.75, 3.05) is 5.75 Å². The number of rotatable bonds is 7. The zero-order chi connectivity index (χ0) is 13.8. The molecule has 0 saturated heterocycles. The minimum atomic E-state index is 0.175. The number of aromatic nitrogens is 1. The Morgan fingerprint density at radius 1 is 1.22 bits per heavy atom. The molecule has 0 fully saturated rings. The summed E-state index contributed by atoms with van der Waals surface area (Å²) in [6.07, 6.45) is 4.59. The Hall–Kier alpha value is -0.220. The van der Waals surface area contributed by atoms with E-state index in [1.165, 1.54) is 11.3 Å². The van der Waals surface area contributed by atoms with E-state index in [2.05, 4.69) is 33.4 Å². The molecule has 0 aliphatic heterocycles. The molecule has 1 aromatic heterocycles. The first-order chi connectivity index (χ1) is 8.49. The lowest BCUT2D eigenvalue weighted by atomic mass is 9.81. The molecule has 0 N–H and O–H groups in total. The third kappa shape index (κ3) is 3.41. The average Bonchev–Trinajstić information content (AvgIpc) is 2.56. The smallest absolute Gasteiger partial charge is 0.302 e. The molecule has 0 aliphatic carbocycles.